The number of carbonyl (C=O) groups excluding carboxylic acids is 2. The van der Waals surface area contributed by atoms with E-state index in [9.17, 15) is 14.9 Å². The number of fused-ring (bicyclic) bond motifs is 1. The third-order valence-electron chi connectivity index (χ3n) is 4.36. The van der Waals surface area contributed by atoms with Gasteiger partial charge in [0.2, 0.25) is 6.79 Å². The standard InChI is InChI=1S/C23H15NO5S/c24-12-16-5-1-3-7-21(16)30-22-8-4-2-6-17(22)23(26)27-13-18(25)15-9-10-19-20(11-15)29-14-28-19/h1-11H,13-14H2. The summed E-state index contributed by atoms with van der Waals surface area (Å²) in [4.78, 5) is 26.4. The van der Waals surface area contributed by atoms with Gasteiger partial charge in [-0.15, -0.1) is 0 Å². The number of hydrogen-bond donors (Lipinski definition) is 0. The van der Waals surface area contributed by atoms with Crippen molar-refractivity contribution in [2.75, 3.05) is 13.4 Å². The molecule has 6 nitrogen and oxygen atoms in total. The summed E-state index contributed by atoms with van der Waals surface area (Å²) >= 11 is 1.30. The highest BCUT2D eigenvalue weighted by Crippen LogP contribution is 2.34. The summed E-state index contributed by atoms with van der Waals surface area (Å²) in [6.45, 7) is -0.280. The Balaban J connectivity index is 1.46. The molecule has 0 saturated heterocycles. The van der Waals surface area contributed by atoms with Crippen molar-refractivity contribution in [1.29, 1.82) is 5.26 Å². The molecule has 4 rings (SSSR count). The lowest BCUT2D eigenvalue weighted by molar-refractivity contribution is 0.0471. The lowest BCUT2D eigenvalue weighted by atomic mass is 10.1. The molecule has 0 atom stereocenters. The molecule has 0 aliphatic carbocycles. The van der Waals surface area contributed by atoms with Gasteiger partial charge in [-0.05, 0) is 42.5 Å². The zero-order valence-corrected chi connectivity index (χ0v) is 16.5. The van der Waals surface area contributed by atoms with Gasteiger partial charge < -0.3 is 14.2 Å². The van der Waals surface area contributed by atoms with Gasteiger partial charge in [-0.1, -0.05) is 36.0 Å². The van der Waals surface area contributed by atoms with Crippen LogP contribution in [-0.2, 0) is 4.74 Å². The lowest BCUT2D eigenvalue weighted by Gasteiger charge is -2.10. The first-order valence-electron chi connectivity index (χ1n) is 9.01. The first-order valence-corrected chi connectivity index (χ1v) is 9.83. The Morgan fingerprint density at radius 1 is 0.967 bits per heavy atom. The quantitative estimate of drug-likeness (QED) is 0.432. The summed E-state index contributed by atoms with van der Waals surface area (Å²) < 4.78 is 15.8. The highest BCUT2D eigenvalue weighted by atomic mass is 32.2. The summed E-state index contributed by atoms with van der Waals surface area (Å²) in [6.07, 6.45) is 0. The Hall–Kier alpha value is -3.76. The van der Waals surface area contributed by atoms with Crippen LogP contribution >= 0.6 is 11.8 Å². The van der Waals surface area contributed by atoms with Crippen molar-refractivity contribution < 1.29 is 23.8 Å². The number of nitrogens with zero attached hydrogens (tertiary/aromatic N) is 1. The third-order valence-corrected chi connectivity index (χ3v) is 5.52. The molecule has 3 aromatic rings. The van der Waals surface area contributed by atoms with E-state index in [0.717, 1.165) is 4.90 Å². The van der Waals surface area contributed by atoms with Crippen molar-refractivity contribution in [3.8, 4) is 17.6 Å². The lowest BCUT2D eigenvalue weighted by Crippen LogP contribution is -2.14. The summed E-state index contributed by atoms with van der Waals surface area (Å²) in [5.74, 6) is 0.112. The van der Waals surface area contributed by atoms with Crippen molar-refractivity contribution in [3.05, 3.63) is 83.4 Å². The van der Waals surface area contributed by atoms with E-state index in [1.54, 1.807) is 54.6 Å². The number of nitriles is 1. The van der Waals surface area contributed by atoms with Crippen molar-refractivity contribution in [2.45, 2.75) is 9.79 Å². The molecule has 3 aromatic carbocycles. The van der Waals surface area contributed by atoms with E-state index >= 15 is 0 Å². The predicted molar refractivity (Wildman–Crippen MR) is 109 cm³/mol. The number of Topliss-reactive ketones (excluding diaryl/α,β-unsaturated/α-hetero) is 1. The fourth-order valence-electron chi connectivity index (χ4n) is 2.85. The minimum absolute atomic E-state index is 0.116. The van der Waals surface area contributed by atoms with Crippen LogP contribution in [0.25, 0.3) is 0 Å². The average molecular weight is 417 g/mol. The molecule has 0 aromatic heterocycles. The SMILES string of the molecule is N#Cc1ccccc1Sc1ccccc1C(=O)OCC(=O)c1ccc2c(c1)OCO2. The number of ether oxygens (including phenoxy) is 3. The van der Waals surface area contributed by atoms with Crippen molar-refractivity contribution in [2.24, 2.45) is 0 Å². The van der Waals surface area contributed by atoms with E-state index < -0.39 is 12.6 Å². The van der Waals surface area contributed by atoms with Crippen LogP contribution in [-0.4, -0.2) is 25.2 Å². The maximum absolute atomic E-state index is 12.6. The van der Waals surface area contributed by atoms with Crippen LogP contribution in [0.3, 0.4) is 0 Å². The van der Waals surface area contributed by atoms with Crippen LogP contribution in [0.1, 0.15) is 26.3 Å². The van der Waals surface area contributed by atoms with E-state index in [0.29, 0.717) is 33.1 Å². The van der Waals surface area contributed by atoms with Crippen molar-refractivity contribution in [3.63, 3.8) is 0 Å². The molecule has 0 amide bonds. The van der Waals surface area contributed by atoms with Crippen LogP contribution in [0.15, 0.2) is 76.5 Å². The molecule has 0 spiro atoms. The third kappa shape index (κ3) is 4.14. The summed E-state index contributed by atoms with van der Waals surface area (Å²) in [6, 6.07) is 21.0. The molecule has 148 valence electrons. The van der Waals surface area contributed by atoms with Gasteiger partial charge in [0, 0.05) is 15.4 Å². The maximum atomic E-state index is 12.6. The van der Waals surface area contributed by atoms with Crippen LogP contribution in [0.4, 0.5) is 0 Å². The molecule has 0 fully saturated rings. The number of rotatable bonds is 6. The zero-order valence-electron chi connectivity index (χ0n) is 15.7. The minimum Gasteiger partial charge on any atom is -0.454 e. The molecule has 30 heavy (non-hydrogen) atoms. The molecule has 1 heterocycles. The van der Waals surface area contributed by atoms with E-state index in [1.165, 1.54) is 11.8 Å². The number of benzene rings is 3. The zero-order chi connectivity index (χ0) is 20.9. The fourth-order valence-corrected chi connectivity index (χ4v) is 3.87. The minimum atomic E-state index is -0.610. The summed E-state index contributed by atoms with van der Waals surface area (Å²) in [7, 11) is 0. The first-order chi connectivity index (χ1) is 14.7. The number of ketones is 1. The monoisotopic (exact) mass is 417 g/mol. The Kier molecular flexibility index (Phi) is 5.68. The van der Waals surface area contributed by atoms with Gasteiger partial charge in [-0.25, -0.2) is 4.79 Å². The van der Waals surface area contributed by atoms with Crippen LogP contribution < -0.4 is 9.47 Å². The summed E-state index contributed by atoms with van der Waals surface area (Å²) in [5, 5.41) is 9.28. The maximum Gasteiger partial charge on any atom is 0.339 e. The molecule has 0 bridgehead atoms. The average Bonchev–Trinajstić information content (AvgIpc) is 3.26. The van der Waals surface area contributed by atoms with Gasteiger partial charge in [-0.2, -0.15) is 5.26 Å². The van der Waals surface area contributed by atoms with E-state index in [1.807, 2.05) is 12.1 Å². The first kappa shape index (κ1) is 19.6. The van der Waals surface area contributed by atoms with Gasteiger partial charge in [0.15, 0.2) is 23.9 Å². The highest BCUT2D eigenvalue weighted by Gasteiger charge is 2.19. The number of esters is 1. The van der Waals surface area contributed by atoms with Crippen molar-refractivity contribution in [1.82, 2.24) is 0 Å². The van der Waals surface area contributed by atoms with Gasteiger partial charge in [0.25, 0.3) is 0 Å². The number of carbonyl (C=O) groups is 2. The van der Waals surface area contributed by atoms with Crippen LogP contribution in [0.2, 0.25) is 0 Å². The molecule has 0 unspecified atom stereocenters. The molecule has 1 aliphatic heterocycles. The molecule has 0 radical (unpaired) electrons. The second kappa shape index (κ2) is 8.72. The normalized spacial score (nSPS) is 11.6. The van der Waals surface area contributed by atoms with Crippen LogP contribution in [0, 0.1) is 11.3 Å². The largest absolute Gasteiger partial charge is 0.454 e. The topological polar surface area (TPSA) is 85.6 Å². The molecule has 1 aliphatic rings. The highest BCUT2D eigenvalue weighted by molar-refractivity contribution is 7.99. The van der Waals surface area contributed by atoms with Gasteiger partial charge >= 0.3 is 5.97 Å². The Morgan fingerprint density at radius 3 is 2.53 bits per heavy atom. The van der Waals surface area contributed by atoms with Crippen molar-refractivity contribution >= 4 is 23.5 Å². The second-order valence-electron chi connectivity index (χ2n) is 6.27. The molecular weight excluding hydrogens is 402 g/mol. The molecular formula is C23H15NO5S. The predicted octanol–water partition coefficient (Wildman–Crippen LogP) is 4.48. The Labute approximate surface area is 177 Å². The fraction of sp³-hybridized carbons (Fsp3) is 0.0870. The molecule has 7 heteroatoms. The van der Waals surface area contributed by atoms with E-state index in [2.05, 4.69) is 6.07 Å². The summed E-state index contributed by atoms with van der Waals surface area (Å²) in [5.41, 5.74) is 1.22. The second-order valence-corrected chi connectivity index (χ2v) is 7.36. The van der Waals surface area contributed by atoms with E-state index in [4.69, 9.17) is 14.2 Å². The van der Waals surface area contributed by atoms with Crippen LogP contribution in [0.5, 0.6) is 11.5 Å². The molecule has 0 N–H and O–H groups in total. The van der Waals surface area contributed by atoms with Gasteiger partial charge in [-0.3, -0.25) is 4.79 Å². The van der Waals surface area contributed by atoms with Gasteiger partial charge in [0.05, 0.1) is 11.1 Å². The smallest absolute Gasteiger partial charge is 0.339 e. The molecule has 0 saturated carbocycles. The van der Waals surface area contributed by atoms with Gasteiger partial charge in [0.1, 0.15) is 6.07 Å². The Bertz CT molecular complexity index is 1170. The Morgan fingerprint density at radius 2 is 1.70 bits per heavy atom. The van der Waals surface area contributed by atoms with E-state index in [-0.39, 0.29) is 12.6 Å². The number of hydrogen-bond acceptors (Lipinski definition) is 7.